The molecule has 1 aromatic carbocycles. The number of hydrogen-bond donors (Lipinski definition) is 1. The van der Waals surface area contributed by atoms with Gasteiger partial charge in [-0.05, 0) is 50.3 Å². The Labute approximate surface area is 147 Å². The Bertz CT molecular complexity index is 727. The lowest BCUT2D eigenvalue weighted by Gasteiger charge is -2.31. The largest absolute Gasteiger partial charge is 0.353 e. The number of rotatable bonds is 3. The van der Waals surface area contributed by atoms with E-state index in [1.54, 1.807) is 11.3 Å². The quantitative estimate of drug-likeness (QED) is 0.920. The molecule has 1 saturated heterocycles. The highest BCUT2D eigenvalue weighted by Gasteiger charge is 2.28. The van der Waals surface area contributed by atoms with Crippen molar-refractivity contribution in [1.29, 1.82) is 0 Å². The summed E-state index contributed by atoms with van der Waals surface area (Å²) in [6.07, 6.45) is 6.73. The van der Waals surface area contributed by atoms with Crippen LogP contribution in [-0.2, 0) is 4.79 Å². The first-order valence-electron chi connectivity index (χ1n) is 9.11. The fourth-order valence-electron chi connectivity index (χ4n) is 3.88. The van der Waals surface area contributed by atoms with Crippen LogP contribution >= 0.6 is 11.3 Å². The van der Waals surface area contributed by atoms with Gasteiger partial charge in [-0.2, -0.15) is 0 Å². The van der Waals surface area contributed by atoms with E-state index in [0.717, 1.165) is 49.4 Å². The summed E-state index contributed by atoms with van der Waals surface area (Å²) in [6, 6.07) is 6.86. The summed E-state index contributed by atoms with van der Waals surface area (Å²) in [5, 5.41) is 4.36. The lowest BCUT2D eigenvalue weighted by Crippen LogP contribution is -2.43. The fraction of sp³-hybridized carbons (Fsp3) is 0.579. The maximum absolute atomic E-state index is 12.4. The number of anilines is 1. The Kier molecular flexibility index (Phi) is 4.44. The van der Waals surface area contributed by atoms with Crippen LogP contribution in [0.15, 0.2) is 18.2 Å². The van der Waals surface area contributed by atoms with E-state index in [9.17, 15) is 4.79 Å². The molecule has 4 nitrogen and oxygen atoms in total. The molecule has 1 aromatic heterocycles. The van der Waals surface area contributed by atoms with Gasteiger partial charge >= 0.3 is 0 Å². The van der Waals surface area contributed by atoms with Gasteiger partial charge in [0.25, 0.3) is 0 Å². The van der Waals surface area contributed by atoms with E-state index in [4.69, 9.17) is 4.98 Å². The van der Waals surface area contributed by atoms with Gasteiger partial charge in [0, 0.05) is 25.0 Å². The van der Waals surface area contributed by atoms with Crippen LogP contribution < -0.4 is 10.2 Å². The van der Waals surface area contributed by atoms with Crippen LogP contribution in [0.1, 0.15) is 44.1 Å². The van der Waals surface area contributed by atoms with Crippen molar-refractivity contribution >= 4 is 32.6 Å². The SMILES string of the molecule is Cc1ccc2nc(N3CCC(C(=O)NC4CCCC4)CC3)sc2c1. The molecule has 1 saturated carbocycles. The summed E-state index contributed by atoms with van der Waals surface area (Å²) in [5.41, 5.74) is 2.36. The molecule has 0 bridgehead atoms. The van der Waals surface area contributed by atoms with Crippen LogP contribution in [0.5, 0.6) is 0 Å². The number of nitrogens with zero attached hydrogens (tertiary/aromatic N) is 2. The first-order valence-corrected chi connectivity index (χ1v) is 9.93. The van der Waals surface area contributed by atoms with Crippen molar-refractivity contribution in [1.82, 2.24) is 10.3 Å². The number of carbonyl (C=O) groups is 1. The third kappa shape index (κ3) is 3.27. The smallest absolute Gasteiger partial charge is 0.223 e. The van der Waals surface area contributed by atoms with E-state index < -0.39 is 0 Å². The maximum Gasteiger partial charge on any atom is 0.223 e. The second-order valence-corrected chi connectivity index (χ2v) is 8.23. The molecule has 1 aliphatic carbocycles. The molecule has 0 atom stereocenters. The summed E-state index contributed by atoms with van der Waals surface area (Å²) in [5.74, 6) is 0.458. The van der Waals surface area contributed by atoms with Gasteiger partial charge < -0.3 is 10.2 Å². The molecule has 2 aromatic rings. The number of carbonyl (C=O) groups excluding carboxylic acids is 1. The van der Waals surface area contributed by atoms with E-state index in [0.29, 0.717) is 6.04 Å². The van der Waals surface area contributed by atoms with Crippen molar-refractivity contribution in [3.05, 3.63) is 23.8 Å². The Morgan fingerprint density at radius 1 is 1.21 bits per heavy atom. The summed E-state index contributed by atoms with van der Waals surface area (Å²) in [4.78, 5) is 19.6. The molecule has 2 aliphatic rings. The molecule has 1 aliphatic heterocycles. The predicted octanol–water partition coefficient (Wildman–Crippen LogP) is 3.88. The molecule has 5 heteroatoms. The number of hydrogen-bond acceptors (Lipinski definition) is 4. The van der Waals surface area contributed by atoms with Crippen molar-refractivity contribution in [3.8, 4) is 0 Å². The third-order valence-corrected chi connectivity index (χ3v) is 6.45. The number of piperidine rings is 1. The molecule has 1 N–H and O–H groups in total. The number of nitrogens with one attached hydrogen (secondary N) is 1. The number of aryl methyl sites for hydroxylation is 1. The molecule has 0 unspecified atom stereocenters. The van der Waals surface area contributed by atoms with Gasteiger partial charge in [0.1, 0.15) is 0 Å². The Balaban J connectivity index is 1.37. The lowest BCUT2D eigenvalue weighted by molar-refractivity contribution is -0.126. The van der Waals surface area contributed by atoms with Gasteiger partial charge in [0.2, 0.25) is 5.91 Å². The topological polar surface area (TPSA) is 45.2 Å². The van der Waals surface area contributed by atoms with Crippen molar-refractivity contribution < 1.29 is 4.79 Å². The predicted molar refractivity (Wildman–Crippen MR) is 99.7 cm³/mol. The number of aromatic nitrogens is 1. The van der Waals surface area contributed by atoms with E-state index in [1.165, 1.54) is 23.1 Å². The summed E-state index contributed by atoms with van der Waals surface area (Å²) < 4.78 is 1.26. The summed E-state index contributed by atoms with van der Waals surface area (Å²) in [6.45, 7) is 3.98. The molecular weight excluding hydrogens is 318 g/mol. The third-order valence-electron chi connectivity index (χ3n) is 5.37. The minimum Gasteiger partial charge on any atom is -0.353 e. The van der Waals surface area contributed by atoms with Crippen molar-refractivity contribution in [2.24, 2.45) is 5.92 Å². The maximum atomic E-state index is 12.4. The minimum atomic E-state index is 0.179. The molecule has 128 valence electrons. The van der Waals surface area contributed by atoms with Crippen molar-refractivity contribution in [2.45, 2.75) is 51.5 Å². The molecular formula is C19H25N3OS. The molecule has 0 spiro atoms. The standard InChI is InChI=1S/C19H25N3OS/c1-13-6-7-16-17(12-13)24-19(21-16)22-10-8-14(9-11-22)18(23)20-15-4-2-3-5-15/h6-7,12,14-15H,2-5,8-11H2,1H3,(H,20,23). The Morgan fingerprint density at radius 2 is 1.96 bits per heavy atom. The van der Waals surface area contributed by atoms with Crippen LogP contribution in [0.2, 0.25) is 0 Å². The second kappa shape index (κ2) is 6.71. The van der Waals surface area contributed by atoms with Gasteiger partial charge in [0.05, 0.1) is 10.2 Å². The van der Waals surface area contributed by atoms with Crippen LogP contribution in [0, 0.1) is 12.8 Å². The van der Waals surface area contributed by atoms with Gasteiger partial charge in [0.15, 0.2) is 5.13 Å². The highest BCUT2D eigenvalue weighted by atomic mass is 32.1. The highest BCUT2D eigenvalue weighted by Crippen LogP contribution is 2.32. The van der Waals surface area contributed by atoms with E-state index in [-0.39, 0.29) is 11.8 Å². The summed E-state index contributed by atoms with van der Waals surface area (Å²) in [7, 11) is 0. The Morgan fingerprint density at radius 3 is 2.71 bits per heavy atom. The molecule has 4 rings (SSSR count). The van der Waals surface area contributed by atoms with Crippen LogP contribution in [0.4, 0.5) is 5.13 Å². The second-order valence-electron chi connectivity index (χ2n) is 7.22. The zero-order chi connectivity index (χ0) is 16.5. The van der Waals surface area contributed by atoms with E-state index >= 15 is 0 Å². The lowest BCUT2D eigenvalue weighted by atomic mass is 9.96. The van der Waals surface area contributed by atoms with Gasteiger partial charge in [-0.25, -0.2) is 4.98 Å². The van der Waals surface area contributed by atoms with E-state index in [2.05, 4.69) is 35.3 Å². The first-order chi connectivity index (χ1) is 11.7. The number of amides is 1. The first kappa shape index (κ1) is 15.9. The fourth-order valence-corrected chi connectivity index (χ4v) is 4.99. The van der Waals surface area contributed by atoms with Crippen LogP contribution in [0.25, 0.3) is 10.2 Å². The van der Waals surface area contributed by atoms with Crippen molar-refractivity contribution in [2.75, 3.05) is 18.0 Å². The summed E-state index contributed by atoms with van der Waals surface area (Å²) >= 11 is 1.77. The number of fused-ring (bicyclic) bond motifs is 1. The molecule has 24 heavy (non-hydrogen) atoms. The molecule has 0 radical (unpaired) electrons. The van der Waals surface area contributed by atoms with Gasteiger partial charge in [-0.3, -0.25) is 4.79 Å². The highest BCUT2D eigenvalue weighted by molar-refractivity contribution is 7.22. The van der Waals surface area contributed by atoms with Gasteiger partial charge in [-0.15, -0.1) is 0 Å². The average molecular weight is 343 g/mol. The van der Waals surface area contributed by atoms with Crippen LogP contribution in [0.3, 0.4) is 0 Å². The van der Waals surface area contributed by atoms with Crippen LogP contribution in [-0.4, -0.2) is 30.0 Å². The zero-order valence-corrected chi connectivity index (χ0v) is 15.1. The minimum absolute atomic E-state index is 0.179. The Hall–Kier alpha value is -1.62. The van der Waals surface area contributed by atoms with E-state index in [1.807, 2.05) is 0 Å². The number of thiazole rings is 1. The molecule has 2 fully saturated rings. The normalized spacial score (nSPS) is 20.0. The molecule has 2 heterocycles. The average Bonchev–Trinajstić information content (AvgIpc) is 3.24. The monoisotopic (exact) mass is 343 g/mol. The van der Waals surface area contributed by atoms with Crippen molar-refractivity contribution in [3.63, 3.8) is 0 Å². The molecule has 1 amide bonds. The van der Waals surface area contributed by atoms with Gasteiger partial charge in [-0.1, -0.05) is 30.2 Å². The zero-order valence-electron chi connectivity index (χ0n) is 14.3. The number of benzene rings is 1.